The Morgan fingerprint density at radius 2 is 2.33 bits per heavy atom. The molecular weight excluding hydrogens is 305 g/mol. The molecule has 0 bridgehead atoms. The van der Waals surface area contributed by atoms with Crippen molar-refractivity contribution in [2.24, 2.45) is 0 Å². The number of nitrogen functional groups attached to an aromatic ring is 1. The average molecular weight is 317 g/mol. The van der Waals surface area contributed by atoms with Crippen LogP contribution in [0.25, 0.3) is 11.2 Å². The van der Waals surface area contributed by atoms with Gasteiger partial charge in [-0.25, -0.2) is 4.98 Å². The van der Waals surface area contributed by atoms with E-state index < -0.39 is 25.3 Å². The smallest absolute Gasteiger partial charge is 0.369 e. The molecule has 1 fully saturated rings. The largest absolute Gasteiger partial charge is 0.381 e. The van der Waals surface area contributed by atoms with Gasteiger partial charge in [-0.2, -0.15) is 4.98 Å². The lowest BCUT2D eigenvalue weighted by Gasteiger charge is -2.12. The van der Waals surface area contributed by atoms with Gasteiger partial charge in [0.2, 0.25) is 5.95 Å². The van der Waals surface area contributed by atoms with Crippen molar-refractivity contribution in [3.8, 4) is 0 Å². The van der Waals surface area contributed by atoms with E-state index in [0.717, 1.165) is 0 Å². The Bertz CT molecular complexity index is 781. The van der Waals surface area contributed by atoms with Crippen molar-refractivity contribution in [2.45, 2.75) is 18.7 Å². The molecule has 0 aromatic carbocycles. The highest BCUT2D eigenvalue weighted by Gasteiger charge is 2.39. The lowest BCUT2D eigenvalue weighted by Crippen LogP contribution is -2.20. The Labute approximate surface area is 116 Å². The van der Waals surface area contributed by atoms with Crippen molar-refractivity contribution >= 4 is 24.7 Å². The van der Waals surface area contributed by atoms with Crippen molar-refractivity contribution < 1.29 is 23.8 Å². The summed E-state index contributed by atoms with van der Waals surface area (Å²) in [5.74, 6) is -0.0501. The number of fused-ring (bicyclic) bond motifs is 1. The topological polar surface area (TPSA) is 166 Å². The maximum absolute atomic E-state index is 11.6. The number of nitrogens with zero attached hydrogens (tertiary/aromatic N) is 3. The average Bonchev–Trinajstić information content (AvgIpc) is 2.97. The molecule has 12 heteroatoms. The molecule has 1 aliphatic heterocycles. The Morgan fingerprint density at radius 1 is 1.57 bits per heavy atom. The molecule has 114 valence electrons. The van der Waals surface area contributed by atoms with E-state index in [-0.39, 0.29) is 30.3 Å². The molecule has 3 rings (SSSR count). The molecule has 0 unspecified atom stereocenters. The first-order valence-corrected chi connectivity index (χ1v) is 7.55. The predicted molar refractivity (Wildman–Crippen MR) is 69.2 cm³/mol. The van der Waals surface area contributed by atoms with E-state index in [9.17, 15) is 9.36 Å². The van der Waals surface area contributed by atoms with Gasteiger partial charge in [0, 0.05) is 0 Å². The molecule has 11 nitrogen and oxygen atoms in total. The van der Waals surface area contributed by atoms with Crippen molar-refractivity contribution in [2.75, 3.05) is 12.3 Å². The zero-order chi connectivity index (χ0) is 15.2. The summed E-state index contributed by atoms with van der Waals surface area (Å²) in [6.45, 7) is 0.178. The standard InChI is InChI=1S/C9H12N5O6P/c10-8-12-6-5(7(15)13-8)11-3-14(6)1-4-2-19-9(20-4)21(16,17)18/h3-4,9H,1-2H2,(H2,16,17,18)(H3,10,12,13,15)/t4-,9+/m1/s1. The molecule has 1 saturated heterocycles. The van der Waals surface area contributed by atoms with Gasteiger partial charge in [-0.15, -0.1) is 0 Å². The number of aromatic amines is 1. The number of anilines is 1. The summed E-state index contributed by atoms with van der Waals surface area (Å²) in [4.78, 5) is 39.8. The summed E-state index contributed by atoms with van der Waals surface area (Å²) in [6, 6.07) is -1.57. The second-order valence-electron chi connectivity index (χ2n) is 4.51. The molecule has 3 heterocycles. The number of imidazole rings is 1. The molecule has 2 aromatic heterocycles. The first-order valence-electron chi connectivity index (χ1n) is 5.87. The van der Waals surface area contributed by atoms with Crippen LogP contribution in [0.4, 0.5) is 5.95 Å². The lowest BCUT2D eigenvalue weighted by molar-refractivity contribution is -0.0146. The van der Waals surface area contributed by atoms with Gasteiger partial charge in [-0.1, -0.05) is 0 Å². The maximum atomic E-state index is 11.6. The summed E-state index contributed by atoms with van der Waals surface area (Å²) < 4.78 is 22.6. The second-order valence-corrected chi connectivity index (χ2v) is 6.11. The number of hydrogen-bond acceptors (Lipinski definition) is 7. The van der Waals surface area contributed by atoms with Crippen molar-refractivity contribution in [1.29, 1.82) is 0 Å². The van der Waals surface area contributed by atoms with E-state index in [1.807, 2.05) is 0 Å². The van der Waals surface area contributed by atoms with E-state index in [1.165, 1.54) is 10.9 Å². The monoisotopic (exact) mass is 317 g/mol. The molecule has 0 amide bonds. The zero-order valence-corrected chi connectivity index (χ0v) is 11.4. The molecule has 1 aliphatic rings. The third-order valence-electron chi connectivity index (χ3n) is 2.90. The number of nitrogens with two attached hydrogens (primary N) is 1. The van der Waals surface area contributed by atoms with Gasteiger partial charge in [0.1, 0.15) is 6.10 Å². The number of H-pyrrole nitrogens is 1. The number of ether oxygens (including phenoxy) is 2. The van der Waals surface area contributed by atoms with Crippen LogP contribution < -0.4 is 11.3 Å². The van der Waals surface area contributed by atoms with E-state index in [1.54, 1.807) is 0 Å². The van der Waals surface area contributed by atoms with E-state index in [0.29, 0.717) is 0 Å². The van der Waals surface area contributed by atoms with Crippen LogP contribution >= 0.6 is 7.60 Å². The lowest BCUT2D eigenvalue weighted by atomic mass is 10.4. The molecule has 2 aromatic rings. The van der Waals surface area contributed by atoms with Crippen molar-refractivity contribution in [3.63, 3.8) is 0 Å². The van der Waals surface area contributed by atoms with Gasteiger partial charge in [0.05, 0.1) is 19.5 Å². The number of hydrogen-bond donors (Lipinski definition) is 4. The summed E-state index contributed by atoms with van der Waals surface area (Å²) >= 11 is 0. The van der Waals surface area contributed by atoms with Gasteiger partial charge >= 0.3 is 7.60 Å². The second kappa shape index (κ2) is 4.90. The zero-order valence-electron chi connectivity index (χ0n) is 10.5. The van der Waals surface area contributed by atoms with Gasteiger partial charge in [0.25, 0.3) is 11.6 Å². The number of nitrogens with one attached hydrogen (secondary N) is 1. The predicted octanol–water partition coefficient (Wildman–Crippen LogP) is -1.42. The summed E-state index contributed by atoms with van der Waals surface area (Å²) in [5.41, 5.74) is 5.39. The first-order chi connectivity index (χ1) is 9.84. The summed E-state index contributed by atoms with van der Waals surface area (Å²) in [7, 11) is -4.46. The highest BCUT2D eigenvalue weighted by Crippen LogP contribution is 2.45. The van der Waals surface area contributed by atoms with Crippen LogP contribution in [0.15, 0.2) is 11.1 Å². The minimum Gasteiger partial charge on any atom is -0.369 e. The van der Waals surface area contributed by atoms with Gasteiger partial charge in [0.15, 0.2) is 11.2 Å². The van der Waals surface area contributed by atoms with Crippen LogP contribution in [0.3, 0.4) is 0 Å². The quantitative estimate of drug-likeness (QED) is 0.497. The van der Waals surface area contributed by atoms with Crippen LogP contribution in [-0.2, 0) is 20.6 Å². The first kappa shape index (κ1) is 14.2. The fourth-order valence-corrected chi connectivity index (χ4v) is 2.64. The maximum Gasteiger partial charge on any atom is 0.381 e. The Hall–Kier alpha value is -1.78. The minimum atomic E-state index is -4.46. The van der Waals surface area contributed by atoms with Crippen LogP contribution in [0.1, 0.15) is 0 Å². The Morgan fingerprint density at radius 3 is 3.00 bits per heavy atom. The SMILES string of the molecule is Nc1nc2c(ncn2C[C@@H]2CO[C@H](P(=O)(O)O)O2)c(=O)[nH]1. The summed E-state index contributed by atoms with van der Waals surface area (Å²) in [5, 5.41) is 0. The van der Waals surface area contributed by atoms with E-state index in [2.05, 4.69) is 15.0 Å². The Kier molecular flexibility index (Phi) is 3.30. The van der Waals surface area contributed by atoms with Crippen LogP contribution in [-0.4, -0.2) is 48.0 Å². The Balaban J connectivity index is 1.84. The highest BCUT2D eigenvalue weighted by atomic mass is 31.2. The third kappa shape index (κ3) is 2.69. The normalized spacial score (nSPS) is 23.0. The molecule has 0 saturated carbocycles. The van der Waals surface area contributed by atoms with Gasteiger partial charge in [-0.3, -0.25) is 14.3 Å². The third-order valence-corrected chi connectivity index (χ3v) is 3.72. The molecule has 0 aliphatic carbocycles. The van der Waals surface area contributed by atoms with Crippen LogP contribution in [0.2, 0.25) is 0 Å². The van der Waals surface area contributed by atoms with Gasteiger partial charge < -0.3 is 29.6 Å². The minimum absolute atomic E-state index is 0.00806. The number of rotatable bonds is 3. The molecule has 5 N–H and O–H groups in total. The van der Waals surface area contributed by atoms with Crippen molar-refractivity contribution in [3.05, 3.63) is 16.7 Å². The molecule has 0 radical (unpaired) electrons. The fraction of sp³-hybridized carbons (Fsp3) is 0.444. The van der Waals surface area contributed by atoms with Gasteiger partial charge in [-0.05, 0) is 0 Å². The van der Waals surface area contributed by atoms with Crippen LogP contribution in [0, 0.1) is 0 Å². The fourth-order valence-electron chi connectivity index (χ4n) is 2.03. The molecular formula is C9H12N5O6P. The summed E-state index contributed by atoms with van der Waals surface area (Å²) in [6.07, 6.45) is 0.780. The molecule has 21 heavy (non-hydrogen) atoms. The molecule has 0 spiro atoms. The van der Waals surface area contributed by atoms with E-state index >= 15 is 0 Å². The van der Waals surface area contributed by atoms with E-state index in [4.69, 9.17) is 25.0 Å². The van der Waals surface area contributed by atoms with Crippen molar-refractivity contribution in [1.82, 2.24) is 19.5 Å². The highest BCUT2D eigenvalue weighted by molar-refractivity contribution is 7.52. The van der Waals surface area contributed by atoms with Crippen LogP contribution in [0.5, 0.6) is 0 Å². The molecule has 2 atom stereocenters. The number of aromatic nitrogens is 4.